The molecule has 0 aromatic carbocycles. The van der Waals surface area contributed by atoms with Gasteiger partial charge in [0, 0.05) is 17.9 Å². The molecular weight excluding hydrogens is 156 g/mol. The number of nitrogens with two attached hydrogens (primary N) is 1. The maximum Gasteiger partial charge on any atom is 0.0455 e. The van der Waals surface area contributed by atoms with Crippen LogP contribution < -0.4 is 5.73 Å². The van der Waals surface area contributed by atoms with Crippen LogP contribution in [-0.4, -0.2) is 17.0 Å². The average Bonchev–Trinajstić information content (AvgIpc) is 2.52. The van der Waals surface area contributed by atoms with E-state index in [2.05, 4.69) is 11.2 Å². The molecule has 1 aromatic rings. The highest BCUT2D eigenvalue weighted by Crippen LogP contribution is 2.12. The van der Waals surface area contributed by atoms with E-state index in [4.69, 9.17) is 5.73 Å². The number of aromatic amines is 1. The van der Waals surface area contributed by atoms with Crippen LogP contribution in [0.1, 0.15) is 18.2 Å². The van der Waals surface area contributed by atoms with E-state index >= 15 is 0 Å². The SMILES string of the molecule is CSCCC(N)c1ccc[nH]1. The molecule has 0 aliphatic carbocycles. The zero-order valence-corrected chi connectivity index (χ0v) is 7.53. The summed E-state index contributed by atoms with van der Waals surface area (Å²) in [6, 6.07) is 4.19. The molecular formula is C8H14N2S. The maximum absolute atomic E-state index is 5.88. The molecule has 0 bridgehead atoms. The van der Waals surface area contributed by atoms with Crippen molar-refractivity contribution in [3.05, 3.63) is 24.0 Å². The van der Waals surface area contributed by atoms with Gasteiger partial charge in [0.2, 0.25) is 0 Å². The first-order valence-electron chi connectivity index (χ1n) is 3.72. The second-order valence-corrected chi connectivity index (χ2v) is 3.50. The highest BCUT2D eigenvalue weighted by molar-refractivity contribution is 7.98. The van der Waals surface area contributed by atoms with Gasteiger partial charge in [-0.15, -0.1) is 0 Å². The molecule has 11 heavy (non-hydrogen) atoms. The van der Waals surface area contributed by atoms with Crippen molar-refractivity contribution >= 4 is 11.8 Å². The Morgan fingerprint density at radius 1 is 1.73 bits per heavy atom. The summed E-state index contributed by atoms with van der Waals surface area (Å²) < 4.78 is 0. The van der Waals surface area contributed by atoms with Gasteiger partial charge in [-0.3, -0.25) is 0 Å². The number of rotatable bonds is 4. The number of hydrogen-bond acceptors (Lipinski definition) is 2. The molecule has 0 saturated heterocycles. The molecule has 1 rings (SSSR count). The summed E-state index contributed by atoms with van der Waals surface area (Å²) in [5, 5.41) is 0. The van der Waals surface area contributed by atoms with Crippen molar-refractivity contribution in [2.45, 2.75) is 12.5 Å². The minimum absolute atomic E-state index is 0.178. The van der Waals surface area contributed by atoms with Crippen LogP contribution >= 0.6 is 11.8 Å². The predicted octanol–water partition coefficient (Wildman–Crippen LogP) is 1.77. The van der Waals surface area contributed by atoms with Crippen molar-refractivity contribution in [1.29, 1.82) is 0 Å². The standard InChI is InChI=1S/C8H14N2S/c1-11-6-4-7(9)8-3-2-5-10-8/h2-3,5,7,10H,4,6,9H2,1H3. The van der Waals surface area contributed by atoms with Crippen molar-refractivity contribution in [2.24, 2.45) is 5.73 Å². The number of nitrogens with one attached hydrogen (secondary N) is 1. The van der Waals surface area contributed by atoms with Gasteiger partial charge in [0.15, 0.2) is 0 Å². The molecule has 62 valence electrons. The molecule has 1 aromatic heterocycles. The molecule has 2 nitrogen and oxygen atoms in total. The summed E-state index contributed by atoms with van der Waals surface area (Å²) in [4.78, 5) is 3.11. The zero-order valence-electron chi connectivity index (χ0n) is 6.71. The van der Waals surface area contributed by atoms with Crippen molar-refractivity contribution in [2.75, 3.05) is 12.0 Å². The number of hydrogen-bond donors (Lipinski definition) is 2. The van der Waals surface area contributed by atoms with Crippen molar-refractivity contribution in [1.82, 2.24) is 4.98 Å². The Labute approximate surface area is 71.6 Å². The second kappa shape index (κ2) is 4.46. The van der Waals surface area contributed by atoms with E-state index in [1.54, 1.807) is 0 Å². The van der Waals surface area contributed by atoms with Gasteiger partial charge >= 0.3 is 0 Å². The topological polar surface area (TPSA) is 41.8 Å². The summed E-state index contributed by atoms with van der Waals surface area (Å²) in [5.74, 6) is 1.13. The van der Waals surface area contributed by atoms with Crippen LogP contribution in [0.2, 0.25) is 0 Å². The summed E-state index contributed by atoms with van der Waals surface area (Å²) in [7, 11) is 0. The molecule has 0 amide bonds. The Kier molecular flexibility index (Phi) is 3.52. The summed E-state index contributed by atoms with van der Waals surface area (Å²) in [6.45, 7) is 0. The van der Waals surface area contributed by atoms with Gasteiger partial charge in [0.1, 0.15) is 0 Å². The molecule has 1 heterocycles. The monoisotopic (exact) mass is 170 g/mol. The van der Waals surface area contributed by atoms with Crippen LogP contribution in [0.15, 0.2) is 18.3 Å². The molecule has 0 radical (unpaired) electrons. The molecule has 0 aliphatic rings. The van der Waals surface area contributed by atoms with E-state index in [1.807, 2.05) is 30.1 Å². The van der Waals surface area contributed by atoms with Gasteiger partial charge in [-0.05, 0) is 30.6 Å². The maximum atomic E-state index is 5.88. The molecule has 0 fully saturated rings. The third-order valence-electron chi connectivity index (χ3n) is 1.65. The molecule has 0 spiro atoms. The van der Waals surface area contributed by atoms with Gasteiger partial charge in [0.05, 0.1) is 0 Å². The van der Waals surface area contributed by atoms with Gasteiger partial charge in [-0.1, -0.05) is 0 Å². The van der Waals surface area contributed by atoms with Crippen LogP contribution in [-0.2, 0) is 0 Å². The predicted molar refractivity (Wildman–Crippen MR) is 50.7 cm³/mol. The van der Waals surface area contributed by atoms with Crippen LogP contribution in [0, 0.1) is 0 Å². The third kappa shape index (κ3) is 2.60. The minimum Gasteiger partial charge on any atom is -0.364 e. The largest absolute Gasteiger partial charge is 0.364 e. The first-order valence-corrected chi connectivity index (χ1v) is 5.12. The van der Waals surface area contributed by atoms with Gasteiger partial charge < -0.3 is 10.7 Å². The normalized spacial score (nSPS) is 13.3. The Morgan fingerprint density at radius 2 is 2.55 bits per heavy atom. The summed E-state index contributed by atoms with van der Waals surface area (Å²) in [6.07, 6.45) is 5.05. The van der Waals surface area contributed by atoms with Crippen LogP contribution in [0.5, 0.6) is 0 Å². The Hall–Kier alpha value is -0.410. The lowest BCUT2D eigenvalue weighted by Crippen LogP contribution is -2.11. The number of aromatic nitrogens is 1. The summed E-state index contributed by atoms with van der Waals surface area (Å²) >= 11 is 1.83. The molecule has 3 N–H and O–H groups in total. The van der Waals surface area contributed by atoms with Gasteiger partial charge in [0.25, 0.3) is 0 Å². The fraction of sp³-hybridized carbons (Fsp3) is 0.500. The Balaban J connectivity index is 2.36. The van der Waals surface area contributed by atoms with E-state index in [-0.39, 0.29) is 6.04 Å². The van der Waals surface area contributed by atoms with Crippen LogP contribution in [0.3, 0.4) is 0 Å². The molecule has 0 aliphatic heterocycles. The minimum atomic E-state index is 0.178. The molecule has 1 unspecified atom stereocenters. The van der Waals surface area contributed by atoms with Crippen molar-refractivity contribution in [3.8, 4) is 0 Å². The summed E-state index contributed by atoms with van der Waals surface area (Å²) in [5.41, 5.74) is 7.02. The first kappa shape index (κ1) is 8.68. The average molecular weight is 170 g/mol. The van der Waals surface area contributed by atoms with E-state index in [0.29, 0.717) is 0 Å². The van der Waals surface area contributed by atoms with Gasteiger partial charge in [-0.2, -0.15) is 11.8 Å². The highest BCUT2D eigenvalue weighted by atomic mass is 32.2. The fourth-order valence-corrected chi connectivity index (χ4v) is 1.46. The van der Waals surface area contributed by atoms with E-state index in [0.717, 1.165) is 17.9 Å². The van der Waals surface area contributed by atoms with Crippen LogP contribution in [0.25, 0.3) is 0 Å². The lowest BCUT2D eigenvalue weighted by Gasteiger charge is -2.07. The van der Waals surface area contributed by atoms with E-state index in [9.17, 15) is 0 Å². The number of thioether (sulfide) groups is 1. The Bertz CT molecular complexity index is 184. The second-order valence-electron chi connectivity index (χ2n) is 2.51. The Morgan fingerprint density at radius 3 is 3.09 bits per heavy atom. The smallest absolute Gasteiger partial charge is 0.0455 e. The van der Waals surface area contributed by atoms with Crippen molar-refractivity contribution in [3.63, 3.8) is 0 Å². The zero-order chi connectivity index (χ0) is 8.10. The van der Waals surface area contributed by atoms with E-state index < -0.39 is 0 Å². The lowest BCUT2D eigenvalue weighted by atomic mass is 10.2. The first-order chi connectivity index (χ1) is 5.34. The number of H-pyrrole nitrogens is 1. The quantitative estimate of drug-likeness (QED) is 0.723. The van der Waals surface area contributed by atoms with Gasteiger partial charge in [-0.25, -0.2) is 0 Å². The molecule has 3 heteroatoms. The molecule has 1 atom stereocenters. The third-order valence-corrected chi connectivity index (χ3v) is 2.30. The van der Waals surface area contributed by atoms with Crippen molar-refractivity contribution < 1.29 is 0 Å². The highest BCUT2D eigenvalue weighted by Gasteiger charge is 2.04. The fourth-order valence-electron chi connectivity index (χ4n) is 0.975. The van der Waals surface area contributed by atoms with E-state index in [1.165, 1.54) is 0 Å². The van der Waals surface area contributed by atoms with Crippen LogP contribution in [0.4, 0.5) is 0 Å². The molecule has 0 saturated carbocycles. The lowest BCUT2D eigenvalue weighted by molar-refractivity contribution is 0.687.